The fourth-order valence-electron chi connectivity index (χ4n) is 9.87. The predicted molar refractivity (Wildman–Crippen MR) is 362 cm³/mol. The van der Waals surface area contributed by atoms with E-state index in [0.29, 0.717) is 24.1 Å². The number of carbonyl (C=O) groups excluding carboxylic acids is 13. The number of aromatic amines is 3. The van der Waals surface area contributed by atoms with Crippen LogP contribution in [0, 0.1) is 17.2 Å². The zero-order valence-corrected chi connectivity index (χ0v) is 59.2. The number of carbonyl (C=O) groups is 13. The molecule has 40 nitrogen and oxygen atoms in total. The number of amides is 12. The maximum atomic E-state index is 15.5. The van der Waals surface area contributed by atoms with Crippen molar-refractivity contribution in [2.75, 3.05) is 26.3 Å². The first kappa shape index (κ1) is 84.3. The number of ketones is 1. The van der Waals surface area contributed by atoms with Gasteiger partial charge in [-0.3, -0.25) is 62.3 Å². The highest BCUT2D eigenvalue weighted by Crippen LogP contribution is 2.21. The highest BCUT2D eigenvalue weighted by molar-refractivity contribution is 6.06. The first-order valence-electron chi connectivity index (χ1n) is 33.1. The SMILES string of the molecule is CC[C@@H](C)C(NC(=O)[C@H](CO)NC(=O)[C@H](Cc1ccc(O)cc1)NC(=O)[C@H](Cc1nn[nH]n1)NC(=O)[C@H](CO)NC(=O)[C@@H](NC(=O)[C@](C)(Cc1ccccc1F)NC(=O)[C@@H](NC(=O)CNC(=O)[C@H](Cc1nn[nH]n1)NC(=O)C(C)(C)C(=O)NCCc1cnc[nH]1)[C@@H](C)O)[C@H](C)O)C(=O)NC(C)(C)C(C)=O. The van der Waals surface area contributed by atoms with Gasteiger partial charge in [-0.25, -0.2) is 9.37 Å². The van der Waals surface area contributed by atoms with Crippen molar-refractivity contribution in [3.8, 4) is 5.75 Å². The predicted octanol–water partition coefficient (Wildman–Crippen LogP) is -6.92. The number of benzene rings is 2. The minimum absolute atomic E-state index is 0.0703. The molecule has 3 heterocycles. The second-order valence-electron chi connectivity index (χ2n) is 26.1. The second kappa shape index (κ2) is 38.8. The van der Waals surface area contributed by atoms with Gasteiger partial charge < -0.3 is 94.3 Å². The highest BCUT2D eigenvalue weighted by Gasteiger charge is 2.44. The van der Waals surface area contributed by atoms with E-state index in [4.69, 9.17) is 0 Å². The van der Waals surface area contributed by atoms with Crippen molar-refractivity contribution >= 4 is 76.7 Å². The van der Waals surface area contributed by atoms with Gasteiger partial charge in [0.25, 0.3) is 0 Å². The Balaban J connectivity index is 1.33. The molecule has 1 unspecified atom stereocenters. The first-order chi connectivity index (χ1) is 49.4. The van der Waals surface area contributed by atoms with E-state index in [1.54, 1.807) is 20.0 Å². The molecule has 105 heavy (non-hydrogen) atoms. The maximum Gasteiger partial charge on any atom is 0.246 e. The minimum atomic E-state index is -2.40. The molecule has 3 aromatic heterocycles. The van der Waals surface area contributed by atoms with Gasteiger partial charge in [0, 0.05) is 50.5 Å². The Morgan fingerprint density at radius 3 is 1.59 bits per heavy atom. The molecule has 0 saturated carbocycles. The molecule has 20 N–H and O–H groups in total. The second-order valence-corrected chi connectivity index (χ2v) is 26.1. The third kappa shape index (κ3) is 25.0. The number of halogens is 1. The van der Waals surface area contributed by atoms with Gasteiger partial charge >= 0.3 is 0 Å². The van der Waals surface area contributed by atoms with Gasteiger partial charge in [0.15, 0.2) is 17.4 Å². The Labute approximate surface area is 600 Å². The average Bonchev–Trinajstić information content (AvgIpc) is 1.20. The number of hydrogen-bond donors (Lipinski definition) is 20. The van der Waals surface area contributed by atoms with E-state index < -0.39 is 211 Å². The number of hydrogen-bond acceptors (Lipinski definition) is 25. The normalized spacial score (nSPS) is 15.2. The lowest BCUT2D eigenvalue weighted by molar-refractivity contribution is -0.143. The lowest BCUT2D eigenvalue weighted by Gasteiger charge is -2.34. The highest BCUT2D eigenvalue weighted by atomic mass is 19.1. The smallest absolute Gasteiger partial charge is 0.246 e. The van der Waals surface area contributed by atoms with E-state index in [0.717, 1.165) is 26.8 Å². The molecule has 12 amide bonds. The largest absolute Gasteiger partial charge is 0.508 e. The van der Waals surface area contributed by atoms with Gasteiger partial charge in [-0.15, -0.1) is 20.4 Å². The van der Waals surface area contributed by atoms with Crippen LogP contribution in [0.2, 0.25) is 0 Å². The fourth-order valence-corrected chi connectivity index (χ4v) is 9.87. The number of nitrogens with zero attached hydrogens (tertiary/aromatic N) is 7. The Morgan fingerprint density at radius 1 is 0.562 bits per heavy atom. The molecule has 5 aromatic rings. The van der Waals surface area contributed by atoms with Crippen molar-refractivity contribution in [1.29, 1.82) is 0 Å². The van der Waals surface area contributed by atoms with Gasteiger partial charge in [0.1, 0.15) is 70.9 Å². The van der Waals surface area contributed by atoms with Crippen LogP contribution in [0.15, 0.2) is 61.1 Å². The number of phenolic OH excluding ortho intramolecular Hbond substituents is 1. The summed E-state index contributed by atoms with van der Waals surface area (Å²) in [6.45, 7) is 10.2. The van der Waals surface area contributed by atoms with Crippen LogP contribution in [-0.2, 0) is 94.4 Å². The number of Topliss-reactive ketones (excluding diaryl/α,β-unsaturated/α-hetero) is 1. The minimum Gasteiger partial charge on any atom is -0.508 e. The van der Waals surface area contributed by atoms with Crippen LogP contribution in [0.4, 0.5) is 4.39 Å². The van der Waals surface area contributed by atoms with E-state index in [1.807, 2.05) is 0 Å². The summed E-state index contributed by atoms with van der Waals surface area (Å²) in [4.78, 5) is 187. The Hall–Kier alpha value is -11.3. The topological polar surface area (TPSA) is 605 Å². The van der Waals surface area contributed by atoms with Gasteiger partial charge in [-0.2, -0.15) is 10.4 Å². The number of aliphatic hydroxyl groups excluding tert-OH is 4. The molecule has 41 heteroatoms. The molecule has 0 saturated heterocycles. The van der Waals surface area contributed by atoms with E-state index in [9.17, 15) is 87.9 Å². The quantitative estimate of drug-likeness (QED) is 0.0162. The van der Waals surface area contributed by atoms with Crippen molar-refractivity contribution < 1.29 is 92.3 Å². The summed E-state index contributed by atoms with van der Waals surface area (Å²) in [5, 5.41) is 108. The van der Waals surface area contributed by atoms with Crippen LogP contribution in [0.5, 0.6) is 5.75 Å². The third-order valence-corrected chi connectivity index (χ3v) is 16.9. The molecule has 0 spiro atoms. The van der Waals surface area contributed by atoms with Gasteiger partial charge in [-0.05, 0) is 90.6 Å². The molecular formula is C64H91FN22O18. The van der Waals surface area contributed by atoms with Gasteiger partial charge in [0.2, 0.25) is 70.9 Å². The van der Waals surface area contributed by atoms with E-state index in [1.165, 1.54) is 83.4 Å². The summed E-state index contributed by atoms with van der Waals surface area (Å²) in [5.41, 5.74) is -4.71. The number of phenols is 1. The molecule has 0 bridgehead atoms. The zero-order valence-electron chi connectivity index (χ0n) is 59.2. The molecule has 2 aromatic carbocycles. The van der Waals surface area contributed by atoms with Crippen molar-refractivity contribution in [2.45, 2.75) is 179 Å². The molecule has 12 atom stereocenters. The zero-order chi connectivity index (χ0) is 78.1. The number of aromatic hydroxyl groups is 1. The van der Waals surface area contributed by atoms with Crippen LogP contribution < -0.4 is 63.8 Å². The van der Waals surface area contributed by atoms with E-state index in [-0.39, 0.29) is 29.5 Å². The molecule has 0 radical (unpaired) electrons. The Morgan fingerprint density at radius 2 is 1.08 bits per heavy atom. The number of aromatic nitrogens is 10. The molecule has 0 fully saturated rings. The number of nitrogens with one attached hydrogen (secondary N) is 15. The summed E-state index contributed by atoms with van der Waals surface area (Å²) in [7, 11) is 0. The number of aliphatic hydroxyl groups is 4. The summed E-state index contributed by atoms with van der Waals surface area (Å²) < 4.78 is 15.5. The Kier molecular flexibility index (Phi) is 31.2. The summed E-state index contributed by atoms with van der Waals surface area (Å²) >= 11 is 0. The van der Waals surface area contributed by atoms with Crippen molar-refractivity contribution in [2.24, 2.45) is 11.3 Å². The third-order valence-electron chi connectivity index (χ3n) is 16.9. The van der Waals surface area contributed by atoms with E-state index >= 15 is 4.39 Å². The molecule has 0 aliphatic heterocycles. The number of tetrazole rings is 2. The number of imidazole rings is 1. The summed E-state index contributed by atoms with van der Waals surface area (Å²) in [5.74, 6) is -15.5. The van der Waals surface area contributed by atoms with Crippen LogP contribution in [0.25, 0.3) is 0 Å². The maximum absolute atomic E-state index is 15.5. The van der Waals surface area contributed by atoms with Crippen LogP contribution in [0.3, 0.4) is 0 Å². The van der Waals surface area contributed by atoms with Crippen molar-refractivity contribution in [1.82, 2.24) is 115 Å². The number of H-pyrrole nitrogens is 3. The first-order valence-corrected chi connectivity index (χ1v) is 33.1. The number of rotatable bonds is 41. The molecule has 0 aliphatic rings. The van der Waals surface area contributed by atoms with Gasteiger partial charge in [-0.1, -0.05) is 61.0 Å². The summed E-state index contributed by atoms with van der Waals surface area (Å²) in [6.07, 6.45) is -2.13. The molecule has 572 valence electrons. The standard InChI is InChI=1S/C64H91FN22O18/c1-11-31(2)48(57(101)78-63(8,9)34(5)92)76-55(99)44(29-89)72-52(96)40(22-35-16-18-38(93)19-17-35)70-53(97)42(24-46-82-86-87-83-46)71-54(98)43(28-88)73-56(100)49(32(3)90)77-61(105)64(10,25-36-14-12-13-15-39(36)65)79-58(102)50(33(4)91)75-47(94)27-68-51(95)41(23-45-80-84-85-81-45)74-60(104)62(6,7)59(103)67-21-20-37-26-66-30-69-37/h12-19,26,30-33,40-44,48-50,88-91,93H,11,20-25,27-29H2,1-10H3,(H,66,69)(H,67,103)(H,68,95)(H,70,97)(H,71,98)(H,72,96)(H,73,100)(H,74,104)(H,75,94)(H,76,99)(H,77,105)(H,78,101)(H,79,102)(H,80,81,84,85)(H,82,83,86,87)/t31-,32+,33-,40+,41+,42+,43+,44+,48?,49+,50+,64+/m1/s1. The van der Waals surface area contributed by atoms with Crippen LogP contribution in [0.1, 0.15) is 104 Å². The Bertz CT molecular complexity index is 3810. The van der Waals surface area contributed by atoms with E-state index in [2.05, 4.69) is 115 Å². The van der Waals surface area contributed by atoms with Crippen LogP contribution in [-0.4, -0.2) is 251 Å². The molecule has 0 aliphatic carbocycles. The van der Waals surface area contributed by atoms with Crippen molar-refractivity contribution in [3.05, 3.63) is 95.3 Å². The lowest BCUT2D eigenvalue weighted by Crippen LogP contribution is -2.67. The monoisotopic (exact) mass is 1470 g/mol. The molecular weight excluding hydrogens is 1380 g/mol. The average molecular weight is 1480 g/mol. The van der Waals surface area contributed by atoms with Gasteiger partial charge in [0.05, 0.1) is 43.8 Å². The fraction of sp³-hybridized carbons (Fsp3) is 0.531. The summed E-state index contributed by atoms with van der Waals surface area (Å²) in [6, 6.07) is -4.01. The van der Waals surface area contributed by atoms with Crippen molar-refractivity contribution in [3.63, 3.8) is 0 Å². The van der Waals surface area contributed by atoms with Crippen LogP contribution >= 0.6 is 0 Å². The molecule has 5 rings (SSSR count). The lowest BCUT2D eigenvalue weighted by atomic mass is 9.90.